The van der Waals surface area contributed by atoms with Crippen molar-refractivity contribution >= 4 is 57.0 Å². The number of halogens is 1. The Hall–Kier alpha value is -3.62. The van der Waals surface area contributed by atoms with Crippen LogP contribution in [-0.4, -0.2) is 31.6 Å². The molecule has 0 radical (unpaired) electrons. The molecule has 5 aromatic rings. The number of carbonyl (C=O) groups is 1. The van der Waals surface area contributed by atoms with Gasteiger partial charge >= 0.3 is 0 Å². The molecule has 164 valence electrons. The zero-order chi connectivity index (χ0) is 22.9. The highest BCUT2D eigenvalue weighted by atomic mass is 35.5. The van der Waals surface area contributed by atoms with Gasteiger partial charge in [0.2, 0.25) is 0 Å². The van der Waals surface area contributed by atoms with Crippen LogP contribution in [0.15, 0.2) is 60.0 Å². The van der Waals surface area contributed by atoms with Gasteiger partial charge in [0.15, 0.2) is 4.47 Å². The van der Waals surface area contributed by atoms with Crippen LogP contribution in [0, 0.1) is 13.8 Å². The van der Waals surface area contributed by atoms with Crippen molar-refractivity contribution in [2.24, 2.45) is 5.10 Å². The second-order valence-electron chi connectivity index (χ2n) is 7.61. The molecule has 1 N–H and O–H groups in total. The van der Waals surface area contributed by atoms with E-state index in [9.17, 15) is 4.79 Å². The second-order valence-corrected chi connectivity index (χ2v) is 9.30. The molecule has 0 atom stereocenters. The first kappa shape index (κ1) is 21.2. The third-order valence-corrected chi connectivity index (χ3v) is 6.48. The normalized spacial score (nSPS) is 11.6. The van der Waals surface area contributed by atoms with Crippen LogP contribution < -0.4 is 5.43 Å². The van der Waals surface area contributed by atoms with Crippen LogP contribution in [0.2, 0.25) is 4.47 Å². The van der Waals surface area contributed by atoms with Crippen molar-refractivity contribution in [1.82, 2.24) is 24.9 Å². The second kappa shape index (κ2) is 8.73. The minimum atomic E-state index is -0.309. The van der Waals surface area contributed by atoms with Crippen molar-refractivity contribution < 1.29 is 4.79 Å². The van der Waals surface area contributed by atoms with E-state index in [2.05, 4.69) is 30.0 Å². The summed E-state index contributed by atoms with van der Waals surface area (Å²) < 4.78 is 2.64. The summed E-state index contributed by atoms with van der Waals surface area (Å²) in [6.45, 7) is 4.47. The van der Waals surface area contributed by atoms with Crippen LogP contribution in [0.5, 0.6) is 0 Å². The maximum absolute atomic E-state index is 12.6. The number of hydrogen-bond donors (Lipinski definition) is 1. The number of para-hydroxylation sites is 1. The summed E-state index contributed by atoms with van der Waals surface area (Å²) >= 11 is 7.43. The first-order valence-electron chi connectivity index (χ1n) is 10.2. The molecule has 0 unspecified atom stereocenters. The highest BCUT2D eigenvalue weighted by molar-refractivity contribution is 7.15. The number of rotatable bonds is 5. The minimum absolute atomic E-state index is 0.309. The molecule has 7 nitrogen and oxygen atoms in total. The molecule has 9 heteroatoms. The van der Waals surface area contributed by atoms with Crippen LogP contribution in [-0.2, 0) is 6.54 Å². The molecule has 2 aromatic carbocycles. The van der Waals surface area contributed by atoms with Crippen molar-refractivity contribution in [3.63, 3.8) is 0 Å². The summed E-state index contributed by atoms with van der Waals surface area (Å²) in [5.41, 5.74) is 8.21. The Kier molecular flexibility index (Phi) is 5.62. The number of hydrazone groups is 1. The predicted molar refractivity (Wildman–Crippen MR) is 132 cm³/mol. The Balaban J connectivity index is 1.37. The van der Waals surface area contributed by atoms with Crippen LogP contribution in [0.1, 0.15) is 32.2 Å². The molecule has 0 aliphatic carbocycles. The number of aromatic nitrogens is 4. The predicted octanol–water partition coefficient (Wildman–Crippen LogP) is 5.12. The molecule has 3 heterocycles. The minimum Gasteiger partial charge on any atom is -0.341 e. The van der Waals surface area contributed by atoms with E-state index in [4.69, 9.17) is 11.6 Å². The summed E-state index contributed by atoms with van der Waals surface area (Å²) in [6, 6.07) is 13.3. The topological polar surface area (TPSA) is 85.1 Å². The fraction of sp³-hybridized carbons (Fsp3) is 0.125. The molecule has 33 heavy (non-hydrogen) atoms. The van der Waals surface area contributed by atoms with Gasteiger partial charge in [0, 0.05) is 39.3 Å². The third-order valence-electron chi connectivity index (χ3n) is 5.38. The Labute approximate surface area is 198 Å². The van der Waals surface area contributed by atoms with Crippen molar-refractivity contribution in [3.8, 4) is 0 Å². The fourth-order valence-electron chi connectivity index (χ4n) is 3.63. The number of fused-ring (bicyclic) bond motifs is 2. The molecule has 0 saturated heterocycles. The number of amides is 1. The standard InChI is InChI=1S/C24H19ClN6OS/c1-14-15(2)29-21-9-16(7-8-20(21)28-14)23(32)30-27-10-17-12-31(13-18-11-26-24(25)33-18)22-6-4-3-5-19(17)22/h3-12H,13H2,1-2H3,(H,30,32)/b27-10-. The van der Waals surface area contributed by atoms with Crippen molar-refractivity contribution in [1.29, 1.82) is 0 Å². The summed E-state index contributed by atoms with van der Waals surface area (Å²) in [5.74, 6) is -0.309. The van der Waals surface area contributed by atoms with Crippen LogP contribution in [0.4, 0.5) is 0 Å². The number of thiazole rings is 1. The summed E-state index contributed by atoms with van der Waals surface area (Å²) in [7, 11) is 0. The lowest BCUT2D eigenvalue weighted by molar-refractivity contribution is 0.0955. The van der Waals surface area contributed by atoms with E-state index in [0.717, 1.165) is 38.2 Å². The van der Waals surface area contributed by atoms with Crippen molar-refractivity contribution in [2.75, 3.05) is 0 Å². The number of hydrogen-bond acceptors (Lipinski definition) is 6. The van der Waals surface area contributed by atoms with Crippen LogP contribution >= 0.6 is 22.9 Å². The largest absolute Gasteiger partial charge is 0.341 e. The summed E-state index contributed by atoms with van der Waals surface area (Å²) in [4.78, 5) is 26.8. The summed E-state index contributed by atoms with van der Waals surface area (Å²) in [5, 5.41) is 5.24. The molecular formula is C24H19ClN6OS. The van der Waals surface area contributed by atoms with Crippen LogP contribution in [0.3, 0.4) is 0 Å². The Morgan fingerprint density at radius 3 is 2.73 bits per heavy atom. The average Bonchev–Trinajstić information content (AvgIpc) is 3.37. The molecule has 0 aliphatic heterocycles. The monoisotopic (exact) mass is 474 g/mol. The van der Waals surface area contributed by atoms with Crippen molar-refractivity contribution in [3.05, 3.63) is 86.7 Å². The molecular weight excluding hydrogens is 456 g/mol. The maximum atomic E-state index is 12.6. The fourth-order valence-corrected chi connectivity index (χ4v) is 4.61. The van der Waals surface area contributed by atoms with E-state index >= 15 is 0 Å². The Morgan fingerprint density at radius 2 is 1.94 bits per heavy atom. The number of nitrogens with one attached hydrogen (secondary N) is 1. The van der Waals surface area contributed by atoms with Gasteiger partial charge in [-0.25, -0.2) is 20.4 Å². The van der Waals surface area contributed by atoms with Crippen molar-refractivity contribution in [2.45, 2.75) is 20.4 Å². The zero-order valence-corrected chi connectivity index (χ0v) is 19.5. The Morgan fingerprint density at radius 1 is 1.15 bits per heavy atom. The van der Waals surface area contributed by atoms with E-state index < -0.39 is 0 Å². The van der Waals surface area contributed by atoms with Gasteiger partial charge in [-0.15, -0.1) is 11.3 Å². The van der Waals surface area contributed by atoms with Gasteiger partial charge in [-0.1, -0.05) is 29.8 Å². The quantitative estimate of drug-likeness (QED) is 0.283. The lowest BCUT2D eigenvalue weighted by atomic mass is 10.1. The number of benzene rings is 2. The Bertz CT molecular complexity index is 1540. The highest BCUT2D eigenvalue weighted by Crippen LogP contribution is 2.24. The molecule has 0 aliphatic rings. The molecule has 0 bridgehead atoms. The van der Waals surface area contributed by atoms with E-state index in [1.807, 2.05) is 44.3 Å². The van der Waals surface area contributed by atoms with Gasteiger partial charge in [-0.2, -0.15) is 5.10 Å². The number of aryl methyl sites for hydroxylation is 2. The van der Waals surface area contributed by atoms with E-state index in [0.29, 0.717) is 22.1 Å². The lowest BCUT2D eigenvalue weighted by Gasteiger charge is -2.04. The highest BCUT2D eigenvalue weighted by Gasteiger charge is 2.10. The van der Waals surface area contributed by atoms with Gasteiger partial charge < -0.3 is 4.57 Å². The molecule has 1 amide bonds. The molecule has 0 fully saturated rings. The smallest absolute Gasteiger partial charge is 0.271 e. The van der Waals surface area contributed by atoms with E-state index in [1.165, 1.54) is 11.3 Å². The first-order valence-corrected chi connectivity index (χ1v) is 11.4. The van der Waals surface area contributed by atoms with Gasteiger partial charge in [0.1, 0.15) is 0 Å². The number of nitrogens with zero attached hydrogens (tertiary/aromatic N) is 5. The molecule has 5 rings (SSSR count). The van der Waals surface area contributed by atoms with E-state index in [1.54, 1.807) is 30.6 Å². The third kappa shape index (κ3) is 4.35. The molecule has 3 aromatic heterocycles. The molecule has 0 spiro atoms. The molecule has 0 saturated carbocycles. The van der Waals surface area contributed by atoms with E-state index in [-0.39, 0.29) is 5.91 Å². The first-order chi connectivity index (χ1) is 16.0. The van der Waals surface area contributed by atoms with Gasteiger partial charge in [0.05, 0.1) is 35.2 Å². The van der Waals surface area contributed by atoms with Gasteiger partial charge in [-0.05, 0) is 38.1 Å². The van der Waals surface area contributed by atoms with Gasteiger partial charge in [0.25, 0.3) is 5.91 Å². The average molecular weight is 475 g/mol. The number of carbonyl (C=O) groups excluding carboxylic acids is 1. The zero-order valence-electron chi connectivity index (χ0n) is 17.9. The maximum Gasteiger partial charge on any atom is 0.271 e. The lowest BCUT2D eigenvalue weighted by Crippen LogP contribution is -2.17. The van der Waals surface area contributed by atoms with Gasteiger partial charge in [-0.3, -0.25) is 4.79 Å². The summed E-state index contributed by atoms with van der Waals surface area (Å²) in [6.07, 6.45) is 5.45. The SMILES string of the molecule is Cc1nc2ccc(C(=O)N/N=C\c3cn(Cc4cnc(Cl)s4)c4ccccc34)cc2nc1C. The van der Waals surface area contributed by atoms with Crippen LogP contribution in [0.25, 0.3) is 21.9 Å².